The topological polar surface area (TPSA) is 68.7 Å². The average Bonchev–Trinajstić information content (AvgIpc) is 3.11. The van der Waals surface area contributed by atoms with Crippen molar-refractivity contribution < 1.29 is 19.1 Å². The van der Waals surface area contributed by atoms with Crippen molar-refractivity contribution in [3.63, 3.8) is 0 Å². The molecule has 1 aromatic carbocycles. The van der Waals surface area contributed by atoms with E-state index in [-0.39, 0.29) is 12.5 Å². The lowest BCUT2D eigenvalue weighted by molar-refractivity contribution is -0.141. The van der Waals surface area contributed by atoms with Gasteiger partial charge < -0.3 is 14.4 Å². The number of esters is 1. The van der Waals surface area contributed by atoms with Crippen LogP contribution in [0.2, 0.25) is 0 Å². The van der Waals surface area contributed by atoms with Crippen LogP contribution in [0.3, 0.4) is 0 Å². The Labute approximate surface area is 169 Å². The molecule has 0 spiro atoms. The highest BCUT2D eigenvalue weighted by Crippen LogP contribution is 2.22. The number of ether oxygens (including phenoxy) is 2. The van der Waals surface area contributed by atoms with Crippen LogP contribution in [0.4, 0.5) is 0 Å². The van der Waals surface area contributed by atoms with Crippen LogP contribution in [0.25, 0.3) is 0 Å². The Balaban J connectivity index is 1.61. The number of thiazole rings is 1. The van der Waals surface area contributed by atoms with Crippen molar-refractivity contribution in [2.45, 2.75) is 46.3 Å². The van der Waals surface area contributed by atoms with Crippen molar-refractivity contribution in [3.8, 4) is 5.75 Å². The summed E-state index contributed by atoms with van der Waals surface area (Å²) in [7, 11) is 0. The van der Waals surface area contributed by atoms with E-state index in [1.165, 1.54) is 0 Å². The number of nitrogens with zero attached hydrogens (tertiary/aromatic N) is 2. The first-order valence-corrected chi connectivity index (χ1v) is 10.4. The number of amides is 1. The summed E-state index contributed by atoms with van der Waals surface area (Å²) in [5, 5.41) is 2.89. The lowest BCUT2D eigenvalue weighted by Gasteiger charge is -2.31. The van der Waals surface area contributed by atoms with Crippen LogP contribution in [0.5, 0.6) is 5.75 Å². The predicted octanol–water partition coefficient (Wildman–Crippen LogP) is 3.83. The lowest BCUT2D eigenvalue weighted by atomic mass is 9.99. The van der Waals surface area contributed by atoms with Gasteiger partial charge in [0.15, 0.2) is 6.10 Å². The standard InChI is InChI=1S/C21H26N2O4S/c1-14-8-10-23(11-9-14)20(24)15(2)27-21(25)18-6-4-5-7-19(18)26-12-17-13-28-16(3)22-17/h4-7,13-15H,8-12H2,1-3H3. The van der Waals surface area contributed by atoms with Crippen molar-refractivity contribution >= 4 is 23.2 Å². The van der Waals surface area contributed by atoms with E-state index in [0.29, 0.717) is 30.3 Å². The van der Waals surface area contributed by atoms with Crippen LogP contribution in [0, 0.1) is 12.8 Å². The number of piperidine rings is 1. The van der Waals surface area contributed by atoms with Crippen LogP contribution in [0.1, 0.15) is 47.7 Å². The summed E-state index contributed by atoms with van der Waals surface area (Å²) in [4.78, 5) is 31.4. The van der Waals surface area contributed by atoms with Crippen molar-refractivity contribution in [1.82, 2.24) is 9.88 Å². The second-order valence-corrected chi connectivity index (χ2v) is 8.26. The van der Waals surface area contributed by atoms with E-state index in [1.54, 1.807) is 47.4 Å². The average molecular weight is 403 g/mol. The highest BCUT2D eigenvalue weighted by atomic mass is 32.1. The molecule has 1 aromatic heterocycles. The zero-order valence-electron chi connectivity index (χ0n) is 16.5. The Bertz CT molecular complexity index is 827. The molecule has 0 radical (unpaired) electrons. The Morgan fingerprint density at radius 2 is 2.00 bits per heavy atom. The number of likely N-dealkylation sites (tertiary alicyclic amines) is 1. The van der Waals surface area contributed by atoms with E-state index in [4.69, 9.17) is 9.47 Å². The lowest BCUT2D eigenvalue weighted by Crippen LogP contribution is -2.44. The first-order chi connectivity index (χ1) is 13.4. The molecule has 0 aliphatic carbocycles. The molecule has 2 aromatic rings. The van der Waals surface area contributed by atoms with Gasteiger partial charge in [-0.1, -0.05) is 19.1 Å². The summed E-state index contributed by atoms with van der Waals surface area (Å²) < 4.78 is 11.2. The van der Waals surface area contributed by atoms with E-state index in [1.807, 2.05) is 12.3 Å². The van der Waals surface area contributed by atoms with Gasteiger partial charge in [0, 0.05) is 18.5 Å². The molecule has 1 unspecified atom stereocenters. The number of aryl methyl sites for hydroxylation is 1. The number of aromatic nitrogens is 1. The van der Waals surface area contributed by atoms with Gasteiger partial charge >= 0.3 is 5.97 Å². The number of rotatable bonds is 6. The molecule has 1 aliphatic rings. The van der Waals surface area contributed by atoms with Crippen LogP contribution < -0.4 is 4.74 Å². The van der Waals surface area contributed by atoms with Crippen molar-refractivity contribution in [3.05, 3.63) is 45.9 Å². The molecular weight excluding hydrogens is 376 g/mol. The largest absolute Gasteiger partial charge is 0.486 e. The minimum Gasteiger partial charge on any atom is -0.486 e. The molecule has 0 bridgehead atoms. The molecule has 28 heavy (non-hydrogen) atoms. The summed E-state index contributed by atoms with van der Waals surface area (Å²) in [5.74, 6) is 0.352. The Morgan fingerprint density at radius 3 is 2.68 bits per heavy atom. The fraction of sp³-hybridized carbons (Fsp3) is 0.476. The van der Waals surface area contributed by atoms with Gasteiger partial charge in [0.1, 0.15) is 17.9 Å². The molecule has 0 N–H and O–H groups in total. The summed E-state index contributed by atoms with van der Waals surface area (Å²) >= 11 is 1.55. The molecule has 6 nitrogen and oxygen atoms in total. The molecule has 1 atom stereocenters. The van der Waals surface area contributed by atoms with Gasteiger partial charge in [-0.3, -0.25) is 4.79 Å². The summed E-state index contributed by atoms with van der Waals surface area (Å²) in [5.41, 5.74) is 1.12. The molecule has 3 rings (SSSR count). The summed E-state index contributed by atoms with van der Waals surface area (Å²) in [6, 6.07) is 6.90. The molecule has 7 heteroatoms. The van der Waals surface area contributed by atoms with Gasteiger partial charge in [-0.25, -0.2) is 9.78 Å². The molecule has 2 heterocycles. The van der Waals surface area contributed by atoms with E-state index in [9.17, 15) is 9.59 Å². The monoisotopic (exact) mass is 402 g/mol. The first kappa shape index (κ1) is 20.3. The van der Waals surface area contributed by atoms with Crippen LogP contribution in [-0.2, 0) is 16.1 Å². The molecule has 1 aliphatic heterocycles. The van der Waals surface area contributed by atoms with Gasteiger partial charge in [-0.15, -0.1) is 11.3 Å². The molecule has 1 saturated heterocycles. The number of benzene rings is 1. The molecule has 0 saturated carbocycles. The van der Waals surface area contributed by atoms with Crippen molar-refractivity contribution in [2.75, 3.05) is 13.1 Å². The van der Waals surface area contributed by atoms with E-state index in [2.05, 4.69) is 11.9 Å². The Hall–Kier alpha value is -2.41. The van der Waals surface area contributed by atoms with Crippen LogP contribution >= 0.6 is 11.3 Å². The fourth-order valence-corrected chi connectivity index (χ4v) is 3.75. The second-order valence-electron chi connectivity index (χ2n) is 7.20. The van der Waals surface area contributed by atoms with Crippen LogP contribution in [0.15, 0.2) is 29.6 Å². The maximum absolute atomic E-state index is 12.6. The number of hydrogen-bond acceptors (Lipinski definition) is 6. The normalized spacial score (nSPS) is 15.9. The fourth-order valence-electron chi connectivity index (χ4n) is 3.15. The van der Waals surface area contributed by atoms with Gasteiger partial charge in [0.05, 0.1) is 10.7 Å². The van der Waals surface area contributed by atoms with E-state index >= 15 is 0 Å². The summed E-state index contributed by atoms with van der Waals surface area (Å²) in [6.07, 6.45) is 1.15. The Kier molecular flexibility index (Phi) is 6.67. The minimum atomic E-state index is -0.824. The maximum Gasteiger partial charge on any atom is 0.342 e. The zero-order valence-corrected chi connectivity index (χ0v) is 17.3. The second kappa shape index (κ2) is 9.19. The van der Waals surface area contributed by atoms with E-state index < -0.39 is 12.1 Å². The minimum absolute atomic E-state index is 0.142. The number of para-hydroxylation sites is 1. The van der Waals surface area contributed by atoms with Gasteiger partial charge in [0.25, 0.3) is 5.91 Å². The van der Waals surface area contributed by atoms with Gasteiger partial charge in [-0.2, -0.15) is 0 Å². The molecule has 150 valence electrons. The third-order valence-corrected chi connectivity index (χ3v) is 5.70. The molecule has 1 amide bonds. The number of hydrogen-bond donors (Lipinski definition) is 0. The SMILES string of the molecule is Cc1nc(COc2ccccc2C(=O)OC(C)C(=O)N2CCC(C)CC2)cs1. The molecular formula is C21H26N2O4S. The number of carbonyl (C=O) groups is 2. The smallest absolute Gasteiger partial charge is 0.342 e. The van der Waals surface area contributed by atoms with Crippen LogP contribution in [-0.4, -0.2) is 41.0 Å². The predicted molar refractivity (Wildman–Crippen MR) is 107 cm³/mol. The third kappa shape index (κ3) is 5.10. The highest BCUT2D eigenvalue weighted by Gasteiger charge is 2.27. The van der Waals surface area contributed by atoms with Crippen molar-refractivity contribution in [1.29, 1.82) is 0 Å². The number of carbonyl (C=O) groups excluding carboxylic acids is 2. The van der Waals surface area contributed by atoms with Crippen molar-refractivity contribution in [2.24, 2.45) is 5.92 Å². The molecule has 1 fully saturated rings. The zero-order chi connectivity index (χ0) is 20.1. The van der Waals surface area contributed by atoms with Gasteiger partial charge in [-0.05, 0) is 44.7 Å². The van der Waals surface area contributed by atoms with E-state index in [0.717, 1.165) is 23.5 Å². The Morgan fingerprint density at radius 1 is 1.29 bits per heavy atom. The summed E-state index contributed by atoms with van der Waals surface area (Å²) in [6.45, 7) is 7.45. The maximum atomic E-state index is 12.6. The highest BCUT2D eigenvalue weighted by molar-refractivity contribution is 7.09. The quantitative estimate of drug-likeness (QED) is 0.687. The third-order valence-electron chi connectivity index (χ3n) is 4.88. The van der Waals surface area contributed by atoms with Gasteiger partial charge in [0.2, 0.25) is 0 Å². The first-order valence-electron chi connectivity index (χ1n) is 9.56.